The molecule has 0 saturated carbocycles. The first-order chi connectivity index (χ1) is 9.13. The van der Waals surface area contributed by atoms with Crippen molar-refractivity contribution in [2.24, 2.45) is 0 Å². The van der Waals surface area contributed by atoms with Crippen LogP contribution in [0.1, 0.15) is 19.8 Å². The number of H-pyrrole nitrogens is 1. The van der Waals surface area contributed by atoms with Crippen molar-refractivity contribution < 1.29 is 10.0 Å². The summed E-state index contributed by atoms with van der Waals surface area (Å²) in [5.74, 6) is 0.566. The number of nitrogens with zero attached hydrogens (tertiary/aromatic N) is 2. The van der Waals surface area contributed by atoms with Gasteiger partial charge in [-0.2, -0.15) is 0 Å². The Kier molecular flexibility index (Phi) is 3.96. The van der Waals surface area contributed by atoms with E-state index in [-0.39, 0.29) is 18.3 Å². The lowest BCUT2D eigenvalue weighted by Gasteiger charge is -2.14. The Morgan fingerprint density at radius 1 is 1.58 bits per heavy atom. The van der Waals surface area contributed by atoms with Gasteiger partial charge >= 0.3 is 0 Å². The summed E-state index contributed by atoms with van der Waals surface area (Å²) >= 11 is 0. The average Bonchev–Trinajstić information content (AvgIpc) is 2.79. The molecule has 7 nitrogen and oxygen atoms in total. The van der Waals surface area contributed by atoms with Gasteiger partial charge in [0.05, 0.1) is 16.0 Å². The molecule has 1 heterocycles. The summed E-state index contributed by atoms with van der Waals surface area (Å²) in [6.45, 7) is 2.12. The van der Waals surface area contributed by atoms with Gasteiger partial charge < -0.3 is 15.4 Å². The molecule has 0 fully saturated rings. The molecule has 1 unspecified atom stereocenters. The van der Waals surface area contributed by atoms with Crippen molar-refractivity contribution in [3.05, 3.63) is 28.3 Å². The van der Waals surface area contributed by atoms with E-state index in [4.69, 9.17) is 5.11 Å². The summed E-state index contributed by atoms with van der Waals surface area (Å²) in [6.07, 6.45) is 1.49. The van der Waals surface area contributed by atoms with Crippen molar-refractivity contribution in [3.63, 3.8) is 0 Å². The third-order valence-corrected chi connectivity index (χ3v) is 2.99. The molecule has 2 rings (SSSR count). The highest BCUT2D eigenvalue weighted by atomic mass is 16.6. The van der Waals surface area contributed by atoms with Gasteiger partial charge in [0.2, 0.25) is 5.95 Å². The van der Waals surface area contributed by atoms with E-state index in [1.165, 1.54) is 12.1 Å². The number of hydrogen-bond donors (Lipinski definition) is 3. The van der Waals surface area contributed by atoms with Gasteiger partial charge in [0.1, 0.15) is 0 Å². The van der Waals surface area contributed by atoms with E-state index in [1.807, 2.05) is 6.92 Å². The van der Waals surface area contributed by atoms with Crippen molar-refractivity contribution >= 4 is 22.7 Å². The molecule has 2 aromatic rings. The molecule has 7 heteroatoms. The Morgan fingerprint density at radius 3 is 3.00 bits per heavy atom. The van der Waals surface area contributed by atoms with Crippen LogP contribution in [0, 0.1) is 10.1 Å². The highest BCUT2D eigenvalue weighted by molar-refractivity contribution is 5.79. The minimum absolute atomic E-state index is 0.0325. The van der Waals surface area contributed by atoms with E-state index in [1.54, 1.807) is 6.07 Å². The lowest BCUT2D eigenvalue weighted by Crippen LogP contribution is -2.20. The summed E-state index contributed by atoms with van der Waals surface area (Å²) in [5, 5.41) is 22.8. The number of nitro groups is 1. The maximum Gasteiger partial charge on any atom is 0.271 e. The Hall–Kier alpha value is -2.15. The van der Waals surface area contributed by atoms with Crippen LogP contribution in [0.4, 0.5) is 11.6 Å². The van der Waals surface area contributed by atoms with Crippen LogP contribution in [0.2, 0.25) is 0 Å². The number of imidazole rings is 1. The molecule has 0 aliphatic heterocycles. The van der Waals surface area contributed by atoms with E-state index >= 15 is 0 Å². The van der Waals surface area contributed by atoms with Gasteiger partial charge in [0.15, 0.2) is 0 Å². The topological polar surface area (TPSA) is 104 Å². The molecular formula is C12H16N4O3. The number of fused-ring (bicyclic) bond motifs is 1. The normalized spacial score (nSPS) is 12.5. The first-order valence-corrected chi connectivity index (χ1v) is 6.15. The Bertz CT molecular complexity index is 581. The Labute approximate surface area is 109 Å². The smallest absolute Gasteiger partial charge is 0.271 e. The van der Waals surface area contributed by atoms with Gasteiger partial charge in [0.25, 0.3) is 5.69 Å². The Morgan fingerprint density at radius 2 is 2.37 bits per heavy atom. The number of hydrogen-bond acceptors (Lipinski definition) is 5. The van der Waals surface area contributed by atoms with E-state index < -0.39 is 4.92 Å². The van der Waals surface area contributed by atoms with Crippen LogP contribution in [0.5, 0.6) is 0 Å². The van der Waals surface area contributed by atoms with Crippen LogP contribution in [0.3, 0.4) is 0 Å². The number of aliphatic hydroxyl groups excluding tert-OH is 1. The fourth-order valence-electron chi connectivity index (χ4n) is 1.91. The van der Waals surface area contributed by atoms with Crippen molar-refractivity contribution in [2.75, 3.05) is 11.9 Å². The third kappa shape index (κ3) is 3.00. The van der Waals surface area contributed by atoms with Crippen molar-refractivity contribution in [2.45, 2.75) is 25.8 Å². The number of aliphatic hydroxyl groups is 1. The van der Waals surface area contributed by atoms with Crippen molar-refractivity contribution in [1.29, 1.82) is 0 Å². The maximum atomic E-state index is 10.7. The SMILES string of the molecule is CCC(CCO)Nc1nc2ccc([N+](=O)[O-])cc2[nH]1. The van der Waals surface area contributed by atoms with Crippen molar-refractivity contribution in [3.8, 4) is 0 Å². The lowest BCUT2D eigenvalue weighted by atomic mass is 10.2. The average molecular weight is 264 g/mol. The van der Waals surface area contributed by atoms with Crippen molar-refractivity contribution in [1.82, 2.24) is 9.97 Å². The highest BCUT2D eigenvalue weighted by Crippen LogP contribution is 2.21. The molecule has 3 N–H and O–H groups in total. The van der Waals surface area contributed by atoms with Crippen LogP contribution in [0.15, 0.2) is 18.2 Å². The molecule has 0 radical (unpaired) electrons. The number of nitrogens with one attached hydrogen (secondary N) is 2. The van der Waals surface area contributed by atoms with Crippen LogP contribution in [-0.2, 0) is 0 Å². The predicted molar refractivity (Wildman–Crippen MR) is 72.2 cm³/mol. The van der Waals surface area contributed by atoms with Crippen LogP contribution < -0.4 is 5.32 Å². The molecule has 0 bridgehead atoms. The third-order valence-electron chi connectivity index (χ3n) is 2.99. The van der Waals surface area contributed by atoms with Gasteiger partial charge in [-0.1, -0.05) is 6.92 Å². The van der Waals surface area contributed by atoms with Gasteiger partial charge in [-0.25, -0.2) is 4.98 Å². The second-order valence-electron chi connectivity index (χ2n) is 4.31. The van der Waals surface area contributed by atoms with E-state index in [0.29, 0.717) is 23.4 Å². The molecular weight excluding hydrogens is 248 g/mol. The lowest BCUT2D eigenvalue weighted by molar-refractivity contribution is -0.384. The van der Waals surface area contributed by atoms with Gasteiger partial charge in [0, 0.05) is 24.8 Å². The number of aromatic nitrogens is 2. The van der Waals surface area contributed by atoms with E-state index in [2.05, 4.69) is 15.3 Å². The molecule has 0 aliphatic carbocycles. The maximum absolute atomic E-state index is 10.7. The van der Waals surface area contributed by atoms with E-state index in [9.17, 15) is 10.1 Å². The Balaban J connectivity index is 2.23. The van der Waals surface area contributed by atoms with Crippen LogP contribution >= 0.6 is 0 Å². The van der Waals surface area contributed by atoms with Gasteiger partial charge in [-0.3, -0.25) is 10.1 Å². The number of nitro benzene ring substituents is 1. The molecule has 1 aromatic carbocycles. The monoisotopic (exact) mass is 264 g/mol. The zero-order valence-electron chi connectivity index (χ0n) is 10.6. The number of non-ortho nitro benzene ring substituents is 1. The molecule has 0 saturated heterocycles. The standard InChI is InChI=1S/C12H16N4O3/c1-2-8(5-6-17)13-12-14-10-4-3-9(16(18)19)7-11(10)15-12/h3-4,7-8,17H,2,5-6H2,1H3,(H2,13,14,15). The molecule has 0 spiro atoms. The second kappa shape index (κ2) is 5.66. The second-order valence-corrected chi connectivity index (χ2v) is 4.31. The highest BCUT2D eigenvalue weighted by Gasteiger charge is 2.11. The summed E-state index contributed by atoms with van der Waals surface area (Å²) in [7, 11) is 0. The largest absolute Gasteiger partial charge is 0.396 e. The summed E-state index contributed by atoms with van der Waals surface area (Å²) in [5.41, 5.74) is 1.33. The summed E-state index contributed by atoms with van der Waals surface area (Å²) in [4.78, 5) is 17.6. The number of anilines is 1. The van der Waals surface area contributed by atoms with Crippen LogP contribution in [0.25, 0.3) is 11.0 Å². The zero-order chi connectivity index (χ0) is 13.8. The molecule has 19 heavy (non-hydrogen) atoms. The predicted octanol–water partition coefficient (Wildman–Crippen LogP) is 2.04. The molecule has 102 valence electrons. The first kappa shape index (κ1) is 13.3. The quantitative estimate of drug-likeness (QED) is 0.547. The zero-order valence-corrected chi connectivity index (χ0v) is 10.6. The first-order valence-electron chi connectivity index (χ1n) is 6.15. The fourth-order valence-corrected chi connectivity index (χ4v) is 1.91. The van der Waals surface area contributed by atoms with Crippen LogP contribution in [-0.4, -0.2) is 32.6 Å². The number of aromatic amines is 1. The minimum Gasteiger partial charge on any atom is -0.396 e. The molecule has 1 atom stereocenters. The number of rotatable bonds is 6. The fraction of sp³-hybridized carbons (Fsp3) is 0.417. The summed E-state index contributed by atoms with van der Waals surface area (Å²) < 4.78 is 0. The van der Waals surface area contributed by atoms with E-state index in [0.717, 1.165) is 6.42 Å². The summed E-state index contributed by atoms with van der Waals surface area (Å²) in [6, 6.07) is 4.63. The molecule has 0 amide bonds. The van der Waals surface area contributed by atoms with Gasteiger partial charge in [-0.15, -0.1) is 0 Å². The number of benzene rings is 1. The molecule has 1 aromatic heterocycles. The molecule has 0 aliphatic rings. The van der Waals surface area contributed by atoms with Gasteiger partial charge in [-0.05, 0) is 18.9 Å². The minimum atomic E-state index is -0.437.